The Morgan fingerprint density at radius 2 is 1.93 bits per heavy atom. The summed E-state index contributed by atoms with van der Waals surface area (Å²) in [7, 11) is 0. The van der Waals surface area contributed by atoms with Crippen molar-refractivity contribution in [3.05, 3.63) is 54.4 Å². The van der Waals surface area contributed by atoms with Crippen LogP contribution in [-0.4, -0.2) is 37.5 Å². The molecule has 1 amide bonds. The van der Waals surface area contributed by atoms with Gasteiger partial charge in [0.25, 0.3) is 0 Å². The topological polar surface area (TPSA) is 97.1 Å². The number of carboxylic acid groups (broad SMARTS) is 1. The molecule has 0 aliphatic heterocycles. The molecule has 3 aromatic rings. The van der Waals surface area contributed by atoms with Crippen LogP contribution < -0.4 is 5.32 Å². The van der Waals surface area contributed by atoms with Crippen LogP contribution in [-0.2, 0) is 9.59 Å². The smallest absolute Gasteiger partial charge is 0.305 e. The van der Waals surface area contributed by atoms with Crippen molar-refractivity contribution < 1.29 is 14.7 Å². The summed E-state index contributed by atoms with van der Waals surface area (Å²) in [4.78, 5) is 23.9. The number of fused-ring (bicyclic) bond motifs is 1. The Morgan fingerprint density at radius 1 is 1.18 bits per heavy atom. The van der Waals surface area contributed by atoms with Gasteiger partial charge < -0.3 is 15.0 Å². The number of carbonyl (C=O) groups excluding carboxylic acids is 1. The van der Waals surface area contributed by atoms with Gasteiger partial charge in [0.15, 0.2) is 5.16 Å². The lowest BCUT2D eigenvalue weighted by molar-refractivity contribution is -0.137. The van der Waals surface area contributed by atoms with E-state index in [4.69, 9.17) is 0 Å². The van der Waals surface area contributed by atoms with Crippen LogP contribution in [0.3, 0.4) is 0 Å². The van der Waals surface area contributed by atoms with E-state index in [1.54, 1.807) is 6.33 Å². The first-order valence-electron chi connectivity index (χ1n) is 8.97. The standard InChI is InChI=1S/C20H22N4O3S/c1-13(2)24-12-21-23-20(24)28-11-18(25)22-17(10-19(26)27)16-9-5-7-14-6-3-4-8-15(14)16/h3-9,12-13,17H,10-11H2,1-2H3,(H,22,25)(H,26,27)/t17-/m1/s1. The Bertz CT molecular complexity index is 981. The first-order valence-corrected chi connectivity index (χ1v) is 9.95. The van der Waals surface area contributed by atoms with Crippen molar-refractivity contribution in [3.63, 3.8) is 0 Å². The van der Waals surface area contributed by atoms with Crippen molar-refractivity contribution in [2.24, 2.45) is 0 Å². The molecular formula is C20H22N4O3S. The fourth-order valence-electron chi connectivity index (χ4n) is 3.02. The molecule has 0 saturated carbocycles. The van der Waals surface area contributed by atoms with Gasteiger partial charge in [0, 0.05) is 6.04 Å². The highest BCUT2D eigenvalue weighted by Gasteiger charge is 2.20. The van der Waals surface area contributed by atoms with Gasteiger partial charge >= 0.3 is 5.97 Å². The summed E-state index contributed by atoms with van der Waals surface area (Å²) in [5.74, 6) is -1.08. The zero-order valence-corrected chi connectivity index (χ0v) is 16.5. The molecule has 0 radical (unpaired) electrons. The lowest BCUT2D eigenvalue weighted by Gasteiger charge is -2.19. The zero-order valence-electron chi connectivity index (χ0n) is 15.7. The Morgan fingerprint density at radius 3 is 2.68 bits per heavy atom. The fraction of sp³-hybridized carbons (Fsp3) is 0.300. The molecule has 0 saturated heterocycles. The molecule has 0 spiro atoms. The zero-order chi connectivity index (χ0) is 20.1. The van der Waals surface area contributed by atoms with Crippen LogP contribution in [0.25, 0.3) is 10.8 Å². The summed E-state index contributed by atoms with van der Waals surface area (Å²) in [5, 5.41) is 22.7. The monoisotopic (exact) mass is 398 g/mol. The van der Waals surface area contributed by atoms with Gasteiger partial charge in [0.2, 0.25) is 5.91 Å². The Kier molecular flexibility index (Phi) is 6.30. The second kappa shape index (κ2) is 8.88. The third kappa shape index (κ3) is 4.69. The number of carboxylic acids is 1. The molecule has 1 atom stereocenters. The predicted molar refractivity (Wildman–Crippen MR) is 108 cm³/mol. The SMILES string of the molecule is CC(C)n1cnnc1SCC(=O)N[C@H](CC(=O)O)c1cccc2ccccc12. The average Bonchev–Trinajstić information content (AvgIpc) is 3.14. The molecule has 1 heterocycles. The van der Waals surface area contributed by atoms with Gasteiger partial charge in [-0.25, -0.2) is 0 Å². The molecule has 7 nitrogen and oxygen atoms in total. The summed E-state index contributed by atoms with van der Waals surface area (Å²) in [6.07, 6.45) is 1.45. The summed E-state index contributed by atoms with van der Waals surface area (Å²) < 4.78 is 1.89. The third-order valence-electron chi connectivity index (χ3n) is 4.34. The Labute approximate surface area is 167 Å². The summed E-state index contributed by atoms with van der Waals surface area (Å²) >= 11 is 1.28. The van der Waals surface area contributed by atoms with Crippen LogP contribution in [0.5, 0.6) is 0 Å². The van der Waals surface area contributed by atoms with Gasteiger partial charge in [-0.3, -0.25) is 9.59 Å². The number of nitrogens with one attached hydrogen (secondary N) is 1. The minimum Gasteiger partial charge on any atom is -0.481 e. The van der Waals surface area contributed by atoms with E-state index in [-0.39, 0.29) is 24.1 Å². The highest BCUT2D eigenvalue weighted by molar-refractivity contribution is 7.99. The molecule has 0 aliphatic rings. The molecule has 1 aromatic heterocycles. The Balaban J connectivity index is 1.76. The molecule has 8 heteroatoms. The van der Waals surface area contributed by atoms with Gasteiger partial charge in [-0.05, 0) is 30.2 Å². The van der Waals surface area contributed by atoms with Crippen molar-refractivity contribution in [2.75, 3.05) is 5.75 Å². The van der Waals surface area contributed by atoms with E-state index < -0.39 is 12.0 Å². The van der Waals surface area contributed by atoms with Crippen LogP contribution >= 0.6 is 11.8 Å². The number of hydrogen-bond acceptors (Lipinski definition) is 5. The van der Waals surface area contributed by atoms with Crippen molar-refractivity contribution in [1.29, 1.82) is 0 Å². The highest BCUT2D eigenvalue weighted by atomic mass is 32.2. The van der Waals surface area contributed by atoms with E-state index in [9.17, 15) is 14.7 Å². The maximum absolute atomic E-state index is 12.5. The molecule has 0 aliphatic carbocycles. The van der Waals surface area contributed by atoms with Crippen LogP contribution in [0.4, 0.5) is 0 Å². The first-order chi connectivity index (χ1) is 13.5. The normalized spacial score (nSPS) is 12.2. The second-order valence-corrected chi connectivity index (χ2v) is 7.63. The number of benzene rings is 2. The molecule has 3 rings (SSSR count). The van der Waals surface area contributed by atoms with Crippen LogP contribution in [0.15, 0.2) is 53.9 Å². The summed E-state index contributed by atoms with van der Waals surface area (Å²) in [6, 6.07) is 13.0. The van der Waals surface area contributed by atoms with Crippen LogP contribution in [0.2, 0.25) is 0 Å². The van der Waals surface area contributed by atoms with Gasteiger partial charge in [-0.1, -0.05) is 54.2 Å². The second-order valence-electron chi connectivity index (χ2n) is 6.69. The Hall–Kier alpha value is -2.87. The lowest BCUT2D eigenvalue weighted by atomic mass is 9.96. The molecule has 2 aromatic carbocycles. The molecule has 28 heavy (non-hydrogen) atoms. The minimum atomic E-state index is -0.967. The molecule has 0 unspecified atom stereocenters. The molecule has 146 valence electrons. The largest absolute Gasteiger partial charge is 0.481 e. The number of amides is 1. The number of carbonyl (C=O) groups is 2. The fourth-order valence-corrected chi connectivity index (χ4v) is 3.88. The van der Waals surface area contributed by atoms with Crippen LogP contribution in [0.1, 0.15) is 37.9 Å². The van der Waals surface area contributed by atoms with Gasteiger partial charge in [-0.2, -0.15) is 0 Å². The maximum atomic E-state index is 12.5. The van der Waals surface area contributed by atoms with Gasteiger partial charge in [0.1, 0.15) is 6.33 Å². The van der Waals surface area contributed by atoms with Crippen molar-refractivity contribution in [3.8, 4) is 0 Å². The highest BCUT2D eigenvalue weighted by Crippen LogP contribution is 2.27. The maximum Gasteiger partial charge on any atom is 0.305 e. The number of aliphatic carboxylic acids is 1. The van der Waals surface area contributed by atoms with Gasteiger partial charge in [0.05, 0.1) is 18.2 Å². The van der Waals surface area contributed by atoms with E-state index in [2.05, 4.69) is 15.5 Å². The van der Waals surface area contributed by atoms with Crippen molar-refractivity contribution in [2.45, 2.75) is 37.5 Å². The third-order valence-corrected chi connectivity index (χ3v) is 5.30. The van der Waals surface area contributed by atoms with E-state index in [1.807, 2.05) is 60.9 Å². The number of thioether (sulfide) groups is 1. The molecule has 0 fully saturated rings. The molecule has 0 bridgehead atoms. The van der Waals surface area contributed by atoms with Crippen molar-refractivity contribution in [1.82, 2.24) is 20.1 Å². The van der Waals surface area contributed by atoms with Crippen LogP contribution in [0, 0.1) is 0 Å². The van der Waals surface area contributed by atoms with E-state index >= 15 is 0 Å². The summed E-state index contributed by atoms with van der Waals surface area (Å²) in [6.45, 7) is 4.02. The predicted octanol–water partition coefficient (Wildman–Crippen LogP) is 3.44. The number of aromatic nitrogens is 3. The van der Waals surface area contributed by atoms with E-state index in [0.717, 1.165) is 16.3 Å². The number of hydrogen-bond donors (Lipinski definition) is 2. The first kappa shape index (κ1) is 19.9. The van der Waals surface area contributed by atoms with E-state index in [0.29, 0.717) is 5.16 Å². The molecule has 2 N–H and O–H groups in total. The van der Waals surface area contributed by atoms with Crippen molar-refractivity contribution >= 4 is 34.4 Å². The quantitative estimate of drug-likeness (QED) is 0.564. The number of rotatable bonds is 8. The van der Waals surface area contributed by atoms with Gasteiger partial charge in [-0.15, -0.1) is 10.2 Å². The summed E-state index contributed by atoms with van der Waals surface area (Å²) in [5.41, 5.74) is 0.796. The lowest BCUT2D eigenvalue weighted by Crippen LogP contribution is -2.31. The average molecular weight is 398 g/mol. The number of nitrogens with zero attached hydrogens (tertiary/aromatic N) is 3. The molecular weight excluding hydrogens is 376 g/mol. The minimum absolute atomic E-state index is 0.131. The van der Waals surface area contributed by atoms with E-state index in [1.165, 1.54) is 11.8 Å².